The summed E-state index contributed by atoms with van der Waals surface area (Å²) in [7, 11) is 5.24. The second kappa shape index (κ2) is 6.86. The van der Waals surface area contributed by atoms with E-state index in [0.717, 1.165) is 0 Å². The third-order valence-corrected chi connectivity index (χ3v) is 1.67. The molecule has 1 N–H and O–H groups in total. The predicted molar refractivity (Wildman–Crippen MR) is 46.6 cm³/mol. The molecule has 0 aliphatic carbocycles. The Labute approximate surface area is 82.7 Å². The van der Waals surface area contributed by atoms with Gasteiger partial charge >= 0.3 is 0 Å². The van der Waals surface area contributed by atoms with E-state index in [1.54, 1.807) is 0 Å². The Kier molecular flexibility index (Phi) is 6.60. The first kappa shape index (κ1) is 13.5. The number of hydrogen-bond acceptors (Lipinski definition) is 6. The molecular formula is C8H16O6. The fourth-order valence-corrected chi connectivity index (χ4v) is 0.956. The van der Waals surface area contributed by atoms with Gasteiger partial charge in [0.2, 0.25) is 12.1 Å². The number of ether oxygens (including phenoxy) is 4. The number of aliphatic hydroxyl groups excluding tert-OH is 1. The molecule has 0 aromatic rings. The Bertz CT molecular complexity index is 163. The second-order valence-electron chi connectivity index (χ2n) is 2.49. The van der Waals surface area contributed by atoms with Crippen LogP contribution in [-0.2, 0) is 23.7 Å². The SMILES string of the molecule is COC(OC)C(=O)C(O)C(OC)OC. The van der Waals surface area contributed by atoms with Crippen LogP contribution in [0.2, 0.25) is 0 Å². The van der Waals surface area contributed by atoms with Crippen LogP contribution in [0.15, 0.2) is 0 Å². The average molecular weight is 208 g/mol. The molecule has 6 heteroatoms. The molecule has 14 heavy (non-hydrogen) atoms. The first-order valence-electron chi connectivity index (χ1n) is 3.95. The van der Waals surface area contributed by atoms with Gasteiger partial charge in [0.05, 0.1) is 0 Å². The monoisotopic (exact) mass is 208 g/mol. The fraction of sp³-hybridized carbons (Fsp3) is 0.875. The number of rotatable bonds is 7. The van der Waals surface area contributed by atoms with Crippen molar-refractivity contribution < 1.29 is 28.8 Å². The summed E-state index contributed by atoms with van der Waals surface area (Å²) in [5, 5.41) is 9.45. The summed E-state index contributed by atoms with van der Waals surface area (Å²) in [6, 6.07) is 0. The summed E-state index contributed by atoms with van der Waals surface area (Å²) in [4.78, 5) is 11.4. The maximum Gasteiger partial charge on any atom is 0.222 e. The highest BCUT2D eigenvalue weighted by Gasteiger charge is 2.32. The number of ketones is 1. The maximum absolute atomic E-state index is 11.4. The third kappa shape index (κ3) is 3.32. The van der Waals surface area contributed by atoms with Crippen LogP contribution in [0.1, 0.15) is 0 Å². The lowest BCUT2D eigenvalue weighted by Gasteiger charge is -2.21. The molecule has 1 unspecified atom stereocenters. The molecule has 0 saturated carbocycles. The van der Waals surface area contributed by atoms with Crippen molar-refractivity contribution in [1.29, 1.82) is 0 Å². The summed E-state index contributed by atoms with van der Waals surface area (Å²) in [6.07, 6.45) is -3.57. The second-order valence-corrected chi connectivity index (χ2v) is 2.49. The average Bonchev–Trinajstić information content (AvgIpc) is 2.21. The molecule has 0 heterocycles. The van der Waals surface area contributed by atoms with E-state index in [1.807, 2.05) is 0 Å². The van der Waals surface area contributed by atoms with Gasteiger partial charge in [-0.05, 0) is 0 Å². The lowest BCUT2D eigenvalue weighted by Crippen LogP contribution is -2.43. The highest BCUT2D eigenvalue weighted by Crippen LogP contribution is 2.05. The Morgan fingerprint density at radius 3 is 1.71 bits per heavy atom. The molecule has 0 amide bonds. The van der Waals surface area contributed by atoms with Gasteiger partial charge in [0.1, 0.15) is 0 Å². The third-order valence-electron chi connectivity index (χ3n) is 1.67. The normalized spacial score (nSPS) is 13.6. The minimum absolute atomic E-state index is 0.649. The molecule has 0 aromatic heterocycles. The molecule has 0 spiro atoms. The van der Waals surface area contributed by atoms with Crippen molar-refractivity contribution in [3.63, 3.8) is 0 Å². The topological polar surface area (TPSA) is 74.2 Å². The summed E-state index contributed by atoms with van der Waals surface area (Å²) >= 11 is 0. The van der Waals surface area contributed by atoms with Crippen LogP contribution in [0.5, 0.6) is 0 Å². The highest BCUT2D eigenvalue weighted by molar-refractivity contribution is 5.86. The van der Waals surface area contributed by atoms with Crippen molar-refractivity contribution in [2.75, 3.05) is 28.4 Å². The van der Waals surface area contributed by atoms with Crippen LogP contribution in [0.4, 0.5) is 0 Å². The quantitative estimate of drug-likeness (QED) is 0.549. The first-order chi connectivity index (χ1) is 6.62. The number of carbonyl (C=O) groups is 1. The van der Waals surface area contributed by atoms with E-state index in [-0.39, 0.29) is 0 Å². The van der Waals surface area contributed by atoms with Gasteiger partial charge < -0.3 is 24.1 Å². The summed E-state index contributed by atoms with van der Waals surface area (Å²) in [5.41, 5.74) is 0. The zero-order valence-electron chi connectivity index (χ0n) is 8.72. The molecule has 0 fully saturated rings. The first-order valence-corrected chi connectivity index (χ1v) is 3.95. The van der Waals surface area contributed by atoms with Gasteiger partial charge in [0, 0.05) is 28.4 Å². The van der Waals surface area contributed by atoms with E-state index < -0.39 is 24.5 Å². The van der Waals surface area contributed by atoms with Gasteiger partial charge in [0.15, 0.2) is 12.4 Å². The van der Waals surface area contributed by atoms with Gasteiger partial charge in [-0.15, -0.1) is 0 Å². The Morgan fingerprint density at radius 1 is 1.00 bits per heavy atom. The minimum Gasteiger partial charge on any atom is -0.380 e. The lowest BCUT2D eigenvalue weighted by atomic mass is 10.2. The zero-order valence-corrected chi connectivity index (χ0v) is 8.72. The van der Waals surface area contributed by atoms with Gasteiger partial charge in [-0.1, -0.05) is 0 Å². The summed E-state index contributed by atoms with van der Waals surface area (Å²) in [5.74, 6) is -0.649. The number of carbonyl (C=O) groups excluding carboxylic acids is 1. The molecule has 0 rings (SSSR count). The van der Waals surface area contributed by atoms with E-state index in [4.69, 9.17) is 9.47 Å². The van der Waals surface area contributed by atoms with Crippen LogP contribution in [-0.4, -0.2) is 58.0 Å². The molecule has 0 saturated heterocycles. The zero-order chi connectivity index (χ0) is 11.1. The molecule has 6 nitrogen and oxygen atoms in total. The molecule has 84 valence electrons. The smallest absolute Gasteiger partial charge is 0.222 e. The van der Waals surface area contributed by atoms with Crippen LogP contribution in [0, 0.1) is 0 Å². The van der Waals surface area contributed by atoms with E-state index >= 15 is 0 Å². The van der Waals surface area contributed by atoms with Crippen LogP contribution in [0.25, 0.3) is 0 Å². The fourth-order valence-electron chi connectivity index (χ4n) is 0.956. The van der Waals surface area contributed by atoms with Gasteiger partial charge in [-0.3, -0.25) is 4.79 Å². The maximum atomic E-state index is 11.4. The van der Waals surface area contributed by atoms with Crippen molar-refractivity contribution >= 4 is 5.78 Å². The Balaban J connectivity index is 4.34. The Hall–Kier alpha value is -0.530. The van der Waals surface area contributed by atoms with E-state index in [0.29, 0.717) is 0 Å². The molecule has 1 atom stereocenters. The van der Waals surface area contributed by atoms with Crippen molar-refractivity contribution in [1.82, 2.24) is 0 Å². The summed E-state index contributed by atoms with van der Waals surface area (Å²) in [6.45, 7) is 0. The van der Waals surface area contributed by atoms with Gasteiger partial charge in [0.25, 0.3) is 0 Å². The van der Waals surface area contributed by atoms with Crippen molar-refractivity contribution in [2.24, 2.45) is 0 Å². The molecule has 0 aliphatic rings. The standard InChI is InChI=1S/C8H16O6/c1-11-7(12-2)5(9)6(10)8(13-3)14-4/h5,7-9H,1-4H3. The Morgan fingerprint density at radius 2 is 1.43 bits per heavy atom. The van der Waals surface area contributed by atoms with Crippen molar-refractivity contribution in [3.05, 3.63) is 0 Å². The van der Waals surface area contributed by atoms with Crippen molar-refractivity contribution in [3.8, 4) is 0 Å². The molecular weight excluding hydrogens is 192 g/mol. The molecule has 0 aliphatic heterocycles. The van der Waals surface area contributed by atoms with Crippen molar-refractivity contribution in [2.45, 2.75) is 18.7 Å². The number of Topliss-reactive ketones (excluding diaryl/α,β-unsaturated/α-hetero) is 1. The van der Waals surface area contributed by atoms with E-state index in [9.17, 15) is 9.90 Å². The predicted octanol–water partition coefficient (Wildman–Crippen LogP) is -0.846. The van der Waals surface area contributed by atoms with Crippen LogP contribution in [0.3, 0.4) is 0 Å². The van der Waals surface area contributed by atoms with E-state index in [1.165, 1.54) is 28.4 Å². The largest absolute Gasteiger partial charge is 0.380 e. The molecule has 0 bridgehead atoms. The highest BCUT2D eigenvalue weighted by atomic mass is 16.7. The minimum atomic E-state index is -1.44. The molecule has 0 aromatic carbocycles. The number of hydrogen-bond donors (Lipinski definition) is 1. The number of methoxy groups -OCH3 is 4. The lowest BCUT2D eigenvalue weighted by molar-refractivity contribution is -0.196. The van der Waals surface area contributed by atoms with E-state index in [2.05, 4.69) is 9.47 Å². The van der Waals surface area contributed by atoms with Gasteiger partial charge in [-0.25, -0.2) is 0 Å². The van der Waals surface area contributed by atoms with Crippen LogP contribution >= 0.6 is 0 Å². The van der Waals surface area contributed by atoms with Crippen LogP contribution < -0.4 is 0 Å². The number of aliphatic hydroxyl groups is 1. The van der Waals surface area contributed by atoms with Gasteiger partial charge in [-0.2, -0.15) is 0 Å². The molecule has 0 radical (unpaired) electrons. The summed E-state index contributed by atoms with van der Waals surface area (Å²) < 4.78 is 18.8.